The van der Waals surface area contributed by atoms with Crippen molar-refractivity contribution in [3.63, 3.8) is 0 Å². The van der Waals surface area contributed by atoms with E-state index in [1.165, 1.54) is 16.7 Å². The van der Waals surface area contributed by atoms with E-state index in [1.54, 1.807) is 7.11 Å². The van der Waals surface area contributed by atoms with Gasteiger partial charge in [0.25, 0.3) is 0 Å². The van der Waals surface area contributed by atoms with Gasteiger partial charge in [-0.05, 0) is 61.6 Å². The fourth-order valence-corrected chi connectivity index (χ4v) is 4.48. The van der Waals surface area contributed by atoms with Crippen molar-refractivity contribution < 1.29 is 9.53 Å². The molecular weight excluding hydrogens is 372 g/mol. The summed E-state index contributed by atoms with van der Waals surface area (Å²) in [4.78, 5) is 15.6. The van der Waals surface area contributed by atoms with Gasteiger partial charge in [0.1, 0.15) is 5.75 Å². The SMILES string of the molecule is COc1ccc2c(c1)CN(C(=O)[C@H]1CCN[C@@H](C)C1)C(c1ccccc1)C2.Cl. The number of benzene rings is 2. The molecule has 0 bridgehead atoms. The fourth-order valence-electron chi connectivity index (χ4n) is 4.48. The van der Waals surface area contributed by atoms with E-state index >= 15 is 0 Å². The van der Waals surface area contributed by atoms with Gasteiger partial charge in [-0.2, -0.15) is 0 Å². The lowest BCUT2D eigenvalue weighted by atomic mass is 9.86. The number of piperidine rings is 1. The van der Waals surface area contributed by atoms with Crippen molar-refractivity contribution in [1.82, 2.24) is 10.2 Å². The van der Waals surface area contributed by atoms with Gasteiger partial charge in [0.15, 0.2) is 0 Å². The van der Waals surface area contributed by atoms with Crippen LogP contribution in [0.5, 0.6) is 5.75 Å². The van der Waals surface area contributed by atoms with Crippen LogP contribution in [0, 0.1) is 5.92 Å². The molecule has 1 fully saturated rings. The lowest BCUT2D eigenvalue weighted by Gasteiger charge is -2.40. The molecule has 2 heterocycles. The molecule has 1 saturated heterocycles. The number of carbonyl (C=O) groups is 1. The van der Waals surface area contributed by atoms with Crippen molar-refractivity contribution in [3.05, 3.63) is 65.2 Å². The van der Waals surface area contributed by atoms with Gasteiger partial charge in [-0.3, -0.25) is 4.79 Å². The van der Waals surface area contributed by atoms with E-state index in [2.05, 4.69) is 53.5 Å². The molecule has 3 atom stereocenters. The maximum Gasteiger partial charge on any atom is 0.226 e. The molecule has 150 valence electrons. The molecule has 4 rings (SSSR count). The quantitative estimate of drug-likeness (QED) is 0.842. The molecule has 2 aromatic rings. The van der Waals surface area contributed by atoms with Crippen LogP contribution in [0.1, 0.15) is 42.5 Å². The zero-order chi connectivity index (χ0) is 18.8. The van der Waals surface area contributed by atoms with Gasteiger partial charge in [-0.1, -0.05) is 36.4 Å². The second kappa shape index (κ2) is 8.97. The first-order chi connectivity index (χ1) is 13.2. The van der Waals surface area contributed by atoms with E-state index in [9.17, 15) is 4.79 Å². The molecule has 2 aliphatic heterocycles. The van der Waals surface area contributed by atoms with Crippen LogP contribution < -0.4 is 10.1 Å². The first-order valence-corrected chi connectivity index (χ1v) is 9.90. The molecule has 0 radical (unpaired) electrons. The van der Waals surface area contributed by atoms with Crippen molar-refractivity contribution in [2.75, 3.05) is 13.7 Å². The maximum atomic E-state index is 13.5. The monoisotopic (exact) mass is 400 g/mol. The molecule has 0 saturated carbocycles. The van der Waals surface area contributed by atoms with E-state index < -0.39 is 0 Å². The summed E-state index contributed by atoms with van der Waals surface area (Å²) in [6.45, 7) is 3.75. The summed E-state index contributed by atoms with van der Waals surface area (Å²) < 4.78 is 5.41. The van der Waals surface area contributed by atoms with Gasteiger partial charge in [-0.15, -0.1) is 12.4 Å². The third-order valence-electron chi connectivity index (χ3n) is 5.98. The topological polar surface area (TPSA) is 41.6 Å². The number of halogens is 1. The first-order valence-electron chi connectivity index (χ1n) is 9.90. The molecule has 1 amide bonds. The third-order valence-corrected chi connectivity index (χ3v) is 5.98. The lowest BCUT2D eigenvalue weighted by Crippen LogP contribution is -2.46. The Balaban J connectivity index is 0.00000225. The minimum absolute atomic E-state index is 0. The Morgan fingerprint density at radius 3 is 2.64 bits per heavy atom. The molecule has 1 N–H and O–H groups in total. The van der Waals surface area contributed by atoms with E-state index in [1.807, 2.05) is 12.1 Å². The number of hydrogen-bond acceptors (Lipinski definition) is 3. The average Bonchev–Trinajstić information content (AvgIpc) is 2.72. The number of amides is 1. The maximum absolute atomic E-state index is 13.5. The van der Waals surface area contributed by atoms with Gasteiger partial charge in [0.2, 0.25) is 5.91 Å². The van der Waals surface area contributed by atoms with E-state index in [0.717, 1.165) is 31.6 Å². The van der Waals surface area contributed by atoms with Crippen LogP contribution in [0.25, 0.3) is 0 Å². The summed E-state index contributed by atoms with van der Waals surface area (Å²) in [5.74, 6) is 1.26. The second-order valence-corrected chi connectivity index (χ2v) is 7.81. The van der Waals surface area contributed by atoms with Gasteiger partial charge >= 0.3 is 0 Å². The van der Waals surface area contributed by atoms with Crippen molar-refractivity contribution in [2.45, 2.75) is 44.8 Å². The highest BCUT2D eigenvalue weighted by Crippen LogP contribution is 2.36. The number of hydrogen-bond donors (Lipinski definition) is 1. The molecule has 2 aromatic carbocycles. The van der Waals surface area contributed by atoms with Crippen LogP contribution in [0.3, 0.4) is 0 Å². The molecule has 0 spiro atoms. The second-order valence-electron chi connectivity index (χ2n) is 7.81. The van der Waals surface area contributed by atoms with Crippen LogP contribution in [-0.4, -0.2) is 30.5 Å². The van der Waals surface area contributed by atoms with Crippen molar-refractivity contribution in [3.8, 4) is 5.75 Å². The summed E-state index contributed by atoms with van der Waals surface area (Å²) in [6, 6.07) is 17.2. The van der Waals surface area contributed by atoms with Crippen LogP contribution >= 0.6 is 12.4 Å². The highest BCUT2D eigenvalue weighted by atomic mass is 35.5. The van der Waals surface area contributed by atoms with E-state index in [0.29, 0.717) is 18.5 Å². The number of nitrogens with zero attached hydrogens (tertiary/aromatic N) is 1. The predicted octanol–water partition coefficient (Wildman–Crippen LogP) is 4.13. The zero-order valence-electron chi connectivity index (χ0n) is 16.6. The number of rotatable bonds is 3. The van der Waals surface area contributed by atoms with Gasteiger partial charge in [0, 0.05) is 18.5 Å². The Labute approximate surface area is 173 Å². The Hall–Kier alpha value is -2.04. The molecule has 2 aliphatic rings. The number of nitrogens with one attached hydrogen (secondary N) is 1. The van der Waals surface area contributed by atoms with Crippen molar-refractivity contribution in [2.24, 2.45) is 5.92 Å². The Kier molecular flexibility index (Phi) is 6.63. The molecule has 4 nitrogen and oxygen atoms in total. The van der Waals surface area contributed by atoms with E-state index in [4.69, 9.17) is 4.74 Å². The summed E-state index contributed by atoms with van der Waals surface area (Å²) in [6.07, 6.45) is 2.70. The fraction of sp³-hybridized carbons (Fsp3) is 0.435. The molecule has 28 heavy (non-hydrogen) atoms. The summed E-state index contributed by atoms with van der Waals surface area (Å²) in [5.41, 5.74) is 3.73. The van der Waals surface area contributed by atoms with E-state index in [-0.39, 0.29) is 24.4 Å². The Bertz CT molecular complexity index is 812. The molecule has 1 unspecified atom stereocenters. The Morgan fingerprint density at radius 2 is 1.93 bits per heavy atom. The zero-order valence-corrected chi connectivity index (χ0v) is 17.4. The lowest BCUT2D eigenvalue weighted by molar-refractivity contribution is -0.140. The molecule has 0 aromatic heterocycles. The summed E-state index contributed by atoms with van der Waals surface area (Å²) >= 11 is 0. The highest BCUT2D eigenvalue weighted by molar-refractivity contribution is 5.85. The molecule has 0 aliphatic carbocycles. The Morgan fingerprint density at radius 1 is 1.14 bits per heavy atom. The highest BCUT2D eigenvalue weighted by Gasteiger charge is 2.35. The van der Waals surface area contributed by atoms with Gasteiger partial charge in [0.05, 0.1) is 13.2 Å². The first kappa shape index (κ1) is 20.7. The van der Waals surface area contributed by atoms with Crippen molar-refractivity contribution >= 4 is 18.3 Å². The summed E-state index contributed by atoms with van der Waals surface area (Å²) in [5, 5.41) is 3.46. The number of ether oxygens (including phenoxy) is 1. The largest absolute Gasteiger partial charge is 0.497 e. The van der Waals surface area contributed by atoms with Gasteiger partial charge in [-0.25, -0.2) is 0 Å². The number of fused-ring (bicyclic) bond motifs is 1. The minimum atomic E-state index is 0. The third kappa shape index (κ3) is 4.18. The van der Waals surface area contributed by atoms with Crippen LogP contribution in [0.15, 0.2) is 48.5 Å². The van der Waals surface area contributed by atoms with Gasteiger partial charge < -0.3 is 15.0 Å². The van der Waals surface area contributed by atoms with Crippen LogP contribution in [0.4, 0.5) is 0 Å². The molecule has 5 heteroatoms. The van der Waals surface area contributed by atoms with Crippen molar-refractivity contribution in [1.29, 1.82) is 0 Å². The standard InChI is InChI=1S/C23H28N2O2.ClH/c1-16-12-19(10-11-24-16)23(26)25-15-20-13-21(27-2)9-8-18(20)14-22(25)17-6-4-3-5-7-17;/h3-9,13,16,19,22,24H,10-12,14-15H2,1-2H3;1H/t16-,19-,22?;/m0./s1. The van der Waals surface area contributed by atoms with Crippen LogP contribution in [-0.2, 0) is 17.8 Å². The smallest absolute Gasteiger partial charge is 0.226 e. The average molecular weight is 401 g/mol. The number of methoxy groups -OCH3 is 1. The predicted molar refractivity (Wildman–Crippen MR) is 114 cm³/mol. The molecular formula is C23H29ClN2O2. The normalized spacial score (nSPS) is 24.1. The van der Waals surface area contributed by atoms with Crippen LogP contribution in [0.2, 0.25) is 0 Å². The minimum Gasteiger partial charge on any atom is -0.497 e. The number of carbonyl (C=O) groups excluding carboxylic acids is 1. The summed E-state index contributed by atoms with van der Waals surface area (Å²) in [7, 11) is 1.69.